The third-order valence-corrected chi connectivity index (χ3v) is 3.88. The zero-order valence-electron chi connectivity index (χ0n) is 10.4. The molecule has 1 aliphatic heterocycles. The third-order valence-electron chi connectivity index (χ3n) is 2.94. The lowest BCUT2D eigenvalue weighted by molar-refractivity contribution is -0.384. The average Bonchev–Trinajstić information content (AvgIpc) is 2.45. The van der Waals surface area contributed by atoms with Gasteiger partial charge in [-0.3, -0.25) is 14.9 Å². The molecule has 1 heterocycles. The molecule has 1 aromatic rings. The number of ether oxygens (including phenoxy) is 1. The molecule has 1 atom stereocenters. The lowest BCUT2D eigenvalue weighted by atomic mass is 10.1. The van der Waals surface area contributed by atoms with E-state index < -0.39 is 4.92 Å². The number of benzene rings is 1. The lowest BCUT2D eigenvalue weighted by Crippen LogP contribution is -2.46. The monoisotopic (exact) mass is 362 g/mol. The summed E-state index contributed by atoms with van der Waals surface area (Å²) >= 11 is 9.14. The molecule has 0 spiro atoms. The standard InChI is InChI=1S/C12H12BrClN2O4/c13-6-11-7-15(1-2-20-11)12(17)8-3-9(14)5-10(4-8)16(18)19/h3-5,11H,1-2,6-7H2. The highest BCUT2D eigenvalue weighted by atomic mass is 79.9. The fraction of sp³-hybridized carbons (Fsp3) is 0.417. The van der Waals surface area contributed by atoms with Gasteiger partial charge in [0.05, 0.1) is 17.6 Å². The molecule has 0 bridgehead atoms. The summed E-state index contributed by atoms with van der Waals surface area (Å²) in [5, 5.41) is 11.6. The molecule has 0 N–H and O–H groups in total. The summed E-state index contributed by atoms with van der Waals surface area (Å²) in [7, 11) is 0. The third kappa shape index (κ3) is 3.47. The SMILES string of the molecule is O=C(c1cc(Cl)cc([N+](=O)[O-])c1)N1CCOC(CBr)C1. The van der Waals surface area contributed by atoms with Gasteiger partial charge < -0.3 is 9.64 Å². The largest absolute Gasteiger partial charge is 0.374 e. The Morgan fingerprint density at radius 3 is 2.95 bits per heavy atom. The molecule has 2 rings (SSSR count). The molecule has 0 aromatic heterocycles. The van der Waals surface area contributed by atoms with Crippen LogP contribution < -0.4 is 0 Å². The van der Waals surface area contributed by atoms with Gasteiger partial charge in [0.1, 0.15) is 0 Å². The Labute approximate surface area is 128 Å². The molecule has 1 aromatic carbocycles. The van der Waals surface area contributed by atoms with E-state index in [1.807, 2.05) is 0 Å². The van der Waals surface area contributed by atoms with Gasteiger partial charge in [0, 0.05) is 41.1 Å². The zero-order valence-corrected chi connectivity index (χ0v) is 12.8. The first-order valence-corrected chi connectivity index (χ1v) is 7.43. The summed E-state index contributed by atoms with van der Waals surface area (Å²) < 4.78 is 5.45. The van der Waals surface area contributed by atoms with Crippen LogP contribution in [-0.2, 0) is 4.74 Å². The van der Waals surface area contributed by atoms with Gasteiger partial charge in [-0.05, 0) is 6.07 Å². The topological polar surface area (TPSA) is 72.7 Å². The molecule has 1 aliphatic rings. The quantitative estimate of drug-likeness (QED) is 0.470. The number of hydrogen-bond acceptors (Lipinski definition) is 4. The van der Waals surface area contributed by atoms with Crippen molar-refractivity contribution in [1.29, 1.82) is 0 Å². The van der Waals surface area contributed by atoms with E-state index in [0.717, 1.165) is 0 Å². The molecule has 0 aliphatic carbocycles. The Bertz CT molecular complexity index is 540. The second-order valence-corrected chi connectivity index (χ2v) is 5.44. The number of rotatable bonds is 3. The Kier molecular flexibility index (Phi) is 4.95. The predicted octanol–water partition coefficient (Wildman–Crippen LogP) is 2.48. The molecule has 1 unspecified atom stereocenters. The minimum absolute atomic E-state index is 0.0677. The molecule has 1 fully saturated rings. The number of morpholine rings is 1. The van der Waals surface area contributed by atoms with E-state index in [1.165, 1.54) is 18.2 Å². The summed E-state index contributed by atoms with van der Waals surface area (Å²) in [6.45, 7) is 1.36. The van der Waals surface area contributed by atoms with Gasteiger partial charge in [0.15, 0.2) is 0 Å². The summed E-state index contributed by atoms with van der Waals surface area (Å²) in [4.78, 5) is 24.2. The van der Waals surface area contributed by atoms with Gasteiger partial charge in [-0.25, -0.2) is 0 Å². The van der Waals surface area contributed by atoms with Crippen LogP contribution in [0.4, 0.5) is 5.69 Å². The van der Waals surface area contributed by atoms with Crippen LogP contribution in [0.25, 0.3) is 0 Å². The second kappa shape index (κ2) is 6.51. The first kappa shape index (κ1) is 15.2. The van der Waals surface area contributed by atoms with Crippen molar-refractivity contribution in [2.75, 3.05) is 25.0 Å². The van der Waals surface area contributed by atoms with E-state index in [4.69, 9.17) is 16.3 Å². The van der Waals surface area contributed by atoms with Gasteiger partial charge in [0.25, 0.3) is 11.6 Å². The van der Waals surface area contributed by atoms with Crippen molar-refractivity contribution in [2.24, 2.45) is 0 Å². The van der Waals surface area contributed by atoms with Crippen molar-refractivity contribution in [3.05, 3.63) is 38.9 Å². The van der Waals surface area contributed by atoms with Crippen LogP contribution in [0, 0.1) is 10.1 Å². The van der Waals surface area contributed by atoms with Crippen molar-refractivity contribution < 1.29 is 14.5 Å². The number of nitro benzene ring substituents is 1. The van der Waals surface area contributed by atoms with Gasteiger partial charge in [0.2, 0.25) is 0 Å². The number of hydrogen-bond donors (Lipinski definition) is 0. The highest BCUT2D eigenvalue weighted by Gasteiger charge is 2.25. The highest BCUT2D eigenvalue weighted by molar-refractivity contribution is 9.09. The summed E-state index contributed by atoms with van der Waals surface area (Å²) in [5.41, 5.74) is 0.0329. The Hall–Kier alpha value is -1.18. The molecular weight excluding hydrogens is 351 g/mol. The van der Waals surface area contributed by atoms with Crippen LogP contribution >= 0.6 is 27.5 Å². The minimum atomic E-state index is -0.566. The minimum Gasteiger partial charge on any atom is -0.374 e. The molecule has 0 radical (unpaired) electrons. The van der Waals surface area contributed by atoms with Crippen LogP contribution in [-0.4, -0.2) is 46.9 Å². The molecule has 108 valence electrons. The van der Waals surface area contributed by atoms with Gasteiger partial charge in [-0.1, -0.05) is 27.5 Å². The summed E-state index contributed by atoms with van der Waals surface area (Å²) in [6.07, 6.45) is -0.0677. The van der Waals surface area contributed by atoms with E-state index >= 15 is 0 Å². The molecular formula is C12H12BrClN2O4. The van der Waals surface area contributed by atoms with Crippen molar-refractivity contribution in [3.8, 4) is 0 Å². The van der Waals surface area contributed by atoms with Gasteiger partial charge >= 0.3 is 0 Å². The molecule has 1 saturated heterocycles. The van der Waals surface area contributed by atoms with E-state index in [9.17, 15) is 14.9 Å². The van der Waals surface area contributed by atoms with E-state index in [0.29, 0.717) is 25.0 Å². The zero-order chi connectivity index (χ0) is 14.7. The van der Waals surface area contributed by atoms with Crippen molar-refractivity contribution in [2.45, 2.75) is 6.10 Å². The number of non-ortho nitro benzene ring substituents is 1. The summed E-state index contributed by atoms with van der Waals surface area (Å²) in [5.74, 6) is -0.273. The van der Waals surface area contributed by atoms with Crippen molar-refractivity contribution in [1.82, 2.24) is 4.90 Å². The maximum absolute atomic E-state index is 12.4. The molecule has 0 saturated carbocycles. The van der Waals surface area contributed by atoms with Crippen LogP contribution in [0.5, 0.6) is 0 Å². The average molecular weight is 364 g/mol. The van der Waals surface area contributed by atoms with Crippen molar-refractivity contribution in [3.63, 3.8) is 0 Å². The Balaban J connectivity index is 2.22. The van der Waals surface area contributed by atoms with Crippen LogP contribution in [0.1, 0.15) is 10.4 Å². The summed E-state index contributed by atoms with van der Waals surface area (Å²) in [6, 6.07) is 3.90. The van der Waals surface area contributed by atoms with Gasteiger partial charge in [-0.15, -0.1) is 0 Å². The number of amides is 1. The number of carbonyl (C=O) groups is 1. The fourth-order valence-electron chi connectivity index (χ4n) is 1.98. The van der Waals surface area contributed by atoms with E-state index in [-0.39, 0.29) is 28.3 Å². The number of nitrogens with zero attached hydrogens (tertiary/aromatic N) is 2. The number of alkyl halides is 1. The first-order valence-electron chi connectivity index (χ1n) is 5.93. The smallest absolute Gasteiger partial charge is 0.271 e. The molecule has 20 heavy (non-hydrogen) atoms. The fourth-order valence-corrected chi connectivity index (χ4v) is 2.60. The lowest BCUT2D eigenvalue weighted by Gasteiger charge is -2.32. The molecule has 1 amide bonds. The normalized spacial score (nSPS) is 18.9. The number of carbonyl (C=O) groups excluding carboxylic acids is 1. The Morgan fingerprint density at radius 2 is 2.30 bits per heavy atom. The van der Waals surface area contributed by atoms with E-state index in [2.05, 4.69) is 15.9 Å². The maximum atomic E-state index is 12.4. The maximum Gasteiger partial charge on any atom is 0.271 e. The van der Waals surface area contributed by atoms with Crippen LogP contribution in [0.2, 0.25) is 5.02 Å². The van der Waals surface area contributed by atoms with E-state index in [1.54, 1.807) is 4.90 Å². The molecule has 8 heteroatoms. The first-order chi connectivity index (χ1) is 9.51. The highest BCUT2D eigenvalue weighted by Crippen LogP contribution is 2.22. The predicted molar refractivity (Wildman–Crippen MR) is 77.5 cm³/mol. The number of nitro groups is 1. The van der Waals surface area contributed by atoms with Crippen molar-refractivity contribution >= 4 is 39.1 Å². The number of halogens is 2. The second-order valence-electron chi connectivity index (χ2n) is 4.35. The van der Waals surface area contributed by atoms with Gasteiger partial charge in [-0.2, -0.15) is 0 Å². The Morgan fingerprint density at radius 1 is 1.55 bits per heavy atom. The van der Waals surface area contributed by atoms with Crippen LogP contribution in [0.3, 0.4) is 0 Å². The van der Waals surface area contributed by atoms with Crippen LogP contribution in [0.15, 0.2) is 18.2 Å². The molecule has 6 nitrogen and oxygen atoms in total.